The molecule has 0 spiro atoms. The van der Waals surface area contributed by atoms with Crippen molar-refractivity contribution in [1.82, 2.24) is 0 Å². The average molecular weight is 423 g/mol. The number of carbonyl (C=O) groups is 3. The van der Waals surface area contributed by atoms with Gasteiger partial charge in [-0.3, -0.25) is 14.4 Å². The molecule has 0 aromatic heterocycles. The fraction of sp³-hybridized carbons (Fsp3) is 0.222. The molecule has 32 heavy (non-hydrogen) atoms. The Morgan fingerprint density at radius 1 is 0.781 bits per heavy atom. The summed E-state index contributed by atoms with van der Waals surface area (Å²) in [7, 11) is 1.50. The van der Waals surface area contributed by atoms with Crippen LogP contribution >= 0.6 is 0 Å². The zero-order valence-corrected chi connectivity index (χ0v) is 17.7. The van der Waals surface area contributed by atoms with Crippen molar-refractivity contribution < 1.29 is 19.1 Å². The second kappa shape index (κ2) is 6.63. The predicted octanol–water partition coefficient (Wildman–Crippen LogP) is 4.29. The minimum Gasteiger partial charge on any atom is -0.495 e. The van der Waals surface area contributed by atoms with Gasteiger partial charge in [0.05, 0.1) is 24.6 Å². The number of Topliss-reactive ketones (excluding diaryl/α,β-unsaturated/α-hetero) is 1. The number of anilines is 1. The monoisotopic (exact) mass is 423 g/mol. The third kappa shape index (κ3) is 2.31. The highest BCUT2D eigenvalue weighted by molar-refractivity contribution is 6.24. The standard InChI is InChI=1S/C27H21NO4/c1-14(29)15-11-12-21(32-2)20(13-15)28-26(30)24-22-16-7-3-4-8-17(16)23(25(24)27(28)31)19-10-6-5-9-18(19)22/h3-13,22-25H,1-2H3/t22?,23?,24-,25-/m1/s1. The van der Waals surface area contributed by atoms with Crippen LogP contribution in [0.5, 0.6) is 5.75 Å². The van der Waals surface area contributed by atoms with E-state index in [1.807, 2.05) is 24.3 Å². The van der Waals surface area contributed by atoms with Gasteiger partial charge < -0.3 is 4.74 Å². The highest BCUT2D eigenvalue weighted by Gasteiger charge is 2.62. The summed E-state index contributed by atoms with van der Waals surface area (Å²) in [5, 5.41) is 0. The number of benzene rings is 3. The number of nitrogens with zero attached hydrogens (tertiary/aromatic N) is 1. The summed E-state index contributed by atoms with van der Waals surface area (Å²) in [6, 6.07) is 21.2. The van der Waals surface area contributed by atoms with E-state index in [0.717, 1.165) is 22.3 Å². The molecule has 0 radical (unpaired) electrons. The number of carbonyl (C=O) groups excluding carboxylic acids is 3. The van der Waals surface area contributed by atoms with Crippen molar-refractivity contribution in [3.63, 3.8) is 0 Å². The van der Waals surface area contributed by atoms with Crippen molar-refractivity contribution >= 4 is 23.3 Å². The topological polar surface area (TPSA) is 63.7 Å². The highest BCUT2D eigenvalue weighted by Crippen LogP contribution is 2.61. The molecule has 3 aromatic rings. The van der Waals surface area contributed by atoms with Gasteiger partial charge in [0, 0.05) is 17.4 Å². The van der Waals surface area contributed by atoms with E-state index in [4.69, 9.17) is 4.74 Å². The van der Waals surface area contributed by atoms with Gasteiger partial charge in [0.1, 0.15) is 5.75 Å². The molecule has 3 aliphatic carbocycles. The van der Waals surface area contributed by atoms with Crippen molar-refractivity contribution in [1.29, 1.82) is 0 Å². The maximum Gasteiger partial charge on any atom is 0.238 e. The van der Waals surface area contributed by atoms with E-state index in [1.54, 1.807) is 18.2 Å². The second-order valence-corrected chi connectivity index (χ2v) is 8.72. The molecule has 1 saturated heterocycles. The van der Waals surface area contributed by atoms with Gasteiger partial charge in [-0.25, -0.2) is 4.90 Å². The molecule has 2 bridgehead atoms. The minimum atomic E-state index is -0.469. The van der Waals surface area contributed by atoms with Crippen molar-refractivity contribution in [2.45, 2.75) is 18.8 Å². The van der Waals surface area contributed by atoms with Gasteiger partial charge in [-0.2, -0.15) is 0 Å². The molecule has 0 N–H and O–H groups in total. The summed E-state index contributed by atoms with van der Waals surface area (Å²) < 4.78 is 5.48. The van der Waals surface area contributed by atoms with Gasteiger partial charge in [0.2, 0.25) is 11.8 Å². The van der Waals surface area contributed by atoms with E-state index < -0.39 is 11.8 Å². The van der Waals surface area contributed by atoms with Crippen LogP contribution in [0.1, 0.15) is 51.4 Å². The zero-order valence-electron chi connectivity index (χ0n) is 17.7. The zero-order chi connectivity index (χ0) is 22.1. The van der Waals surface area contributed by atoms with Gasteiger partial charge in [-0.15, -0.1) is 0 Å². The molecule has 1 heterocycles. The molecule has 158 valence electrons. The summed E-state index contributed by atoms with van der Waals surface area (Å²) >= 11 is 0. The number of rotatable bonds is 3. The number of imide groups is 1. The minimum absolute atomic E-state index is 0.134. The quantitative estimate of drug-likeness (QED) is 0.466. The lowest BCUT2D eigenvalue weighted by molar-refractivity contribution is -0.122. The molecule has 0 saturated carbocycles. The third-order valence-electron chi connectivity index (χ3n) is 7.27. The largest absolute Gasteiger partial charge is 0.495 e. The number of hydrogen-bond donors (Lipinski definition) is 0. The average Bonchev–Trinajstić information content (AvgIpc) is 3.09. The van der Waals surface area contributed by atoms with Crippen molar-refractivity contribution in [2.75, 3.05) is 12.0 Å². The lowest BCUT2D eigenvalue weighted by Crippen LogP contribution is -2.41. The first-order valence-corrected chi connectivity index (χ1v) is 10.8. The molecule has 4 aliphatic rings. The summed E-state index contributed by atoms with van der Waals surface area (Å²) in [6.45, 7) is 1.46. The van der Waals surface area contributed by atoms with E-state index >= 15 is 0 Å². The SMILES string of the molecule is COc1ccc(C(C)=O)cc1N1C(=O)[C@@H]2C3c4ccccc4C(c4ccccc43)[C@H]2C1=O. The summed E-state index contributed by atoms with van der Waals surface area (Å²) in [5.74, 6) is -1.45. The summed E-state index contributed by atoms with van der Waals surface area (Å²) in [5.41, 5.74) is 5.30. The smallest absolute Gasteiger partial charge is 0.238 e. The Balaban J connectivity index is 1.56. The van der Waals surface area contributed by atoms with Crippen LogP contribution < -0.4 is 9.64 Å². The van der Waals surface area contributed by atoms with Gasteiger partial charge in [0.25, 0.3) is 0 Å². The Morgan fingerprint density at radius 3 is 1.66 bits per heavy atom. The highest BCUT2D eigenvalue weighted by atomic mass is 16.5. The van der Waals surface area contributed by atoms with Gasteiger partial charge in [0.15, 0.2) is 5.78 Å². The number of methoxy groups -OCH3 is 1. The first-order chi connectivity index (χ1) is 15.5. The first-order valence-electron chi connectivity index (χ1n) is 10.8. The molecule has 5 nitrogen and oxygen atoms in total. The molecule has 2 amide bonds. The number of hydrogen-bond acceptors (Lipinski definition) is 4. The third-order valence-corrected chi connectivity index (χ3v) is 7.27. The lowest BCUT2D eigenvalue weighted by atomic mass is 9.55. The Morgan fingerprint density at radius 2 is 1.25 bits per heavy atom. The van der Waals surface area contributed by atoms with E-state index in [2.05, 4.69) is 24.3 Å². The number of ether oxygens (including phenoxy) is 1. The second-order valence-electron chi connectivity index (χ2n) is 8.72. The predicted molar refractivity (Wildman–Crippen MR) is 119 cm³/mol. The van der Waals surface area contributed by atoms with E-state index in [0.29, 0.717) is 17.0 Å². The van der Waals surface area contributed by atoms with Crippen LogP contribution in [-0.4, -0.2) is 24.7 Å². The van der Waals surface area contributed by atoms with Crippen LogP contribution in [0.25, 0.3) is 0 Å². The van der Waals surface area contributed by atoms with Crippen molar-refractivity contribution in [3.05, 3.63) is 94.5 Å². The Hall–Kier alpha value is -3.73. The molecule has 0 unspecified atom stereocenters. The van der Waals surface area contributed by atoms with Crippen molar-refractivity contribution in [2.24, 2.45) is 11.8 Å². The fourth-order valence-electron chi connectivity index (χ4n) is 6.00. The van der Waals surface area contributed by atoms with E-state index in [9.17, 15) is 14.4 Å². The molecule has 1 fully saturated rings. The van der Waals surface area contributed by atoms with Gasteiger partial charge in [-0.05, 0) is 47.4 Å². The molecule has 7 rings (SSSR count). The fourth-order valence-corrected chi connectivity index (χ4v) is 6.00. The lowest BCUT2D eigenvalue weighted by Gasteiger charge is -2.45. The number of amides is 2. The maximum absolute atomic E-state index is 13.9. The van der Waals surface area contributed by atoms with Crippen LogP contribution in [-0.2, 0) is 9.59 Å². The number of ketones is 1. The van der Waals surface area contributed by atoms with Crippen LogP contribution in [0.15, 0.2) is 66.7 Å². The summed E-state index contributed by atoms with van der Waals surface area (Å²) in [4.78, 5) is 41.0. The normalized spacial score (nSPS) is 24.8. The van der Waals surface area contributed by atoms with Crippen LogP contribution in [0.2, 0.25) is 0 Å². The molecular weight excluding hydrogens is 402 g/mol. The van der Waals surface area contributed by atoms with Gasteiger partial charge >= 0.3 is 0 Å². The van der Waals surface area contributed by atoms with Crippen LogP contribution in [0.3, 0.4) is 0 Å². The molecule has 1 aliphatic heterocycles. The Bertz CT molecular complexity index is 1210. The molecular formula is C27H21NO4. The van der Waals surface area contributed by atoms with Crippen LogP contribution in [0.4, 0.5) is 5.69 Å². The Labute approximate surface area is 185 Å². The van der Waals surface area contributed by atoms with Gasteiger partial charge in [-0.1, -0.05) is 48.5 Å². The molecule has 2 atom stereocenters. The van der Waals surface area contributed by atoms with Crippen molar-refractivity contribution in [3.8, 4) is 5.75 Å². The maximum atomic E-state index is 13.9. The molecule has 3 aromatic carbocycles. The van der Waals surface area contributed by atoms with Crippen LogP contribution in [0, 0.1) is 11.8 Å². The van der Waals surface area contributed by atoms with E-state index in [-0.39, 0.29) is 29.4 Å². The Kier molecular flexibility index (Phi) is 3.94. The van der Waals surface area contributed by atoms with E-state index in [1.165, 1.54) is 18.9 Å². The summed E-state index contributed by atoms with van der Waals surface area (Å²) in [6.07, 6.45) is 0. The first kappa shape index (κ1) is 19.0. The molecule has 5 heteroatoms.